The van der Waals surface area contributed by atoms with Gasteiger partial charge in [-0.2, -0.15) is 0 Å². The van der Waals surface area contributed by atoms with Gasteiger partial charge in [0.15, 0.2) is 25.2 Å². The molecule has 0 radical (unpaired) electrons. The summed E-state index contributed by atoms with van der Waals surface area (Å²) in [4.78, 5) is 49.5. The third-order valence-electron chi connectivity index (χ3n) is 14.1. The predicted molar refractivity (Wildman–Crippen MR) is 289 cm³/mol. The number of aryl methyl sites for hydroxylation is 2. The Morgan fingerprint density at radius 1 is 0.667 bits per heavy atom. The fourth-order valence-electron chi connectivity index (χ4n) is 9.69. The number of aliphatic hydroxyl groups is 1. The van der Waals surface area contributed by atoms with E-state index < -0.39 is 72.2 Å². The Labute approximate surface area is 454 Å². The second-order valence-electron chi connectivity index (χ2n) is 20.9. The van der Waals surface area contributed by atoms with E-state index in [2.05, 4.69) is 9.97 Å². The Morgan fingerprint density at radius 3 is 1.62 bits per heavy atom. The van der Waals surface area contributed by atoms with Gasteiger partial charge in [-0.3, -0.25) is 0 Å². The van der Waals surface area contributed by atoms with E-state index in [4.69, 9.17) is 52.1 Å². The van der Waals surface area contributed by atoms with Crippen LogP contribution < -0.4 is 9.47 Å². The maximum Gasteiger partial charge on any atom is 0.342 e. The van der Waals surface area contributed by atoms with Gasteiger partial charge in [-0.05, 0) is 72.6 Å². The lowest BCUT2D eigenvalue weighted by Crippen LogP contribution is -2.37. The number of benzene rings is 3. The molecule has 4 aliphatic rings. The summed E-state index contributed by atoms with van der Waals surface area (Å²) in [6.07, 6.45) is 14.3. The van der Waals surface area contributed by atoms with Crippen LogP contribution in [0.15, 0.2) is 91.6 Å². The van der Waals surface area contributed by atoms with Crippen molar-refractivity contribution >= 4 is 52.1 Å². The van der Waals surface area contributed by atoms with E-state index in [0.717, 1.165) is 11.0 Å². The number of aliphatic hydroxyl groups excluding tert-OH is 1. The first kappa shape index (κ1) is 57.5. The first-order chi connectivity index (χ1) is 37.2. The van der Waals surface area contributed by atoms with Crippen LogP contribution in [0.3, 0.4) is 0 Å². The lowest BCUT2D eigenvalue weighted by molar-refractivity contribution is -0.153. The van der Waals surface area contributed by atoms with Crippen LogP contribution in [0, 0.1) is 11.8 Å². The molecule has 10 atom stereocenters. The summed E-state index contributed by atoms with van der Waals surface area (Å²) >= 11 is 0. The number of fused-ring (bicyclic) bond motifs is 8. The Morgan fingerprint density at radius 2 is 1.13 bits per heavy atom. The molecule has 19 heteroatoms. The molecule has 418 valence electrons. The molecule has 4 aliphatic heterocycles. The summed E-state index contributed by atoms with van der Waals surface area (Å²) in [6.45, 7) is 14.7. The molecule has 6 heterocycles. The van der Waals surface area contributed by atoms with Crippen LogP contribution in [0.2, 0.25) is 0 Å². The van der Waals surface area contributed by atoms with E-state index in [1.54, 1.807) is 61.2 Å². The lowest BCUT2D eigenvalue weighted by atomic mass is 9.98. The Kier molecular flexibility index (Phi) is 18.1. The quantitative estimate of drug-likeness (QED) is 0.0665. The molecule has 78 heavy (non-hydrogen) atoms. The molecule has 2 saturated heterocycles. The number of methoxy groups -OCH3 is 2. The van der Waals surface area contributed by atoms with E-state index in [-0.39, 0.29) is 42.7 Å². The fraction of sp³-hybridized carbons (Fsp3) is 0.475. The van der Waals surface area contributed by atoms with Crippen molar-refractivity contribution in [2.75, 3.05) is 27.8 Å². The second-order valence-corrected chi connectivity index (χ2v) is 20.9. The van der Waals surface area contributed by atoms with E-state index in [1.165, 1.54) is 14.2 Å². The van der Waals surface area contributed by atoms with Gasteiger partial charge in [0.1, 0.15) is 59.2 Å². The van der Waals surface area contributed by atoms with Crippen molar-refractivity contribution in [1.82, 2.24) is 19.1 Å². The van der Waals surface area contributed by atoms with Crippen LogP contribution in [-0.2, 0) is 56.7 Å². The molecule has 0 saturated carbocycles. The monoisotopic (exact) mass is 1080 g/mol. The molecule has 19 nitrogen and oxygen atoms in total. The molecule has 0 bridgehead atoms. The maximum atomic E-state index is 13.8. The molecular weight excluding hydrogens is 1000 g/mol. The van der Waals surface area contributed by atoms with Crippen LogP contribution in [0.1, 0.15) is 110 Å². The average molecular weight is 1080 g/mol. The lowest BCUT2D eigenvalue weighted by Gasteiger charge is -2.25. The molecule has 2 aromatic heterocycles. The van der Waals surface area contributed by atoms with Gasteiger partial charge in [0.25, 0.3) is 0 Å². The summed E-state index contributed by atoms with van der Waals surface area (Å²) in [6, 6.07) is 12.4. The van der Waals surface area contributed by atoms with Crippen LogP contribution in [0.25, 0.3) is 34.2 Å². The summed E-state index contributed by atoms with van der Waals surface area (Å²) in [5, 5.41) is 10.8. The van der Waals surface area contributed by atoms with Gasteiger partial charge in [-0.25, -0.2) is 24.4 Å². The number of cyclic esters (lactones) is 2. The second kappa shape index (κ2) is 24.5. The van der Waals surface area contributed by atoms with Crippen LogP contribution in [0.5, 0.6) is 11.5 Å². The van der Waals surface area contributed by atoms with Crippen molar-refractivity contribution in [3.8, 4) is 11.5 Å². The predicted octanol–water partition coefficient (Wildman–Crippen LogP) is 9.05. The number of esters is 3. The highest BCUT2D eigenvalue weighted by atomic mass is 16.8. The normalized spacial score (nSPS) is 27.8. The van der Waals surface area contributed by atoms with E-state index >= 15 is 0 Å². The van der Waals surface area contributed by atoms with Gasteiger partial charge in [0.05, 0.1) is 52.5 Å². The van der Waals surface area contributed by atoms with E-state index in [1.807, 2.05) is 121 Å². The molecule has 0 aliphatic carbocycles. The molecule has 3 aromatic carbocycles. The number of ether oxygens (including phenoxy) is 11. The molecule has 1 N–H and O–H groups in total. The number of rotatable bonds is 8. The van der Waals surface area contributed by atoms with Crippen molar-refractivity contribution in [2.24, 2.45) is 25.9 Å². The van der Waals surface area contributed by atoms with Crippen LogP contribution in [-0.4, -0.2) is 130 Å². The average Bonchev–Trinajstić information content (AvgIpc) is 4.17. The Bertz CT molecular complexity index is 3070. The first-order valence-electron chi connectivity index (χ1n) is 26.2. The first-order valence-corrected chi connectivity index (χ1v) is 26.2. The highest BCUT2D eigenvalue weighted by Crippen LogP contribution is 2.39. The zero-order valence-electron chi connectivity index (χ0n) is 46.4. The van der Waals surface area contributed by atoms with E-state index in [9.17, 15) is 19.5 Å². The van der Waals surface area contributed by atoms with Crippen molar-refractivity contribution < 1.29 is 71.6 Å². The van der Waals surface area contributed by atoms with Gasteiger partial charge in [0, 0.05) is 63.4 Å². The SMILES string of the molecule is COCOc1cc2c(ncn2C)c2c1C(=O)O[C@@H](C)[C@H](C)/C=C\C(O)[C@H]1OC(C)(C)O[C@H]1CC=C2.COCOc1cc2c(ncn2C)c2c1C(=O)O[C@@H](C)[C@H](C)/C=C\C(OC(=O)c1ccccc1)[C@H]1OC(C)(C)O[C@H]1CC=C2. The third kappa shape index (κ3) is 13.1. The molecule has 9 rings (SSSR count). The fourth-order valence-corrected chi connectivity index (χ4v) is 9.69. The smallest absolute Gasteiger partial charge is 0.342 e. The molecular formula is C59H72N4O15. The van der Waals surface area contributed by atoms with Gasteiger partial charge in [-0.15, -0.1) is 0 Å². The molecule has 2 fully saturated rings. The number of hydrogen-bond acceptors (Lipinski definition) is 17. The van der Waals surface area contributed by atoms with Gasteiger partial charge in [-0.1, -0.05) is 74.6 Å². The number of aromatic nitrogens is 4. The number of imidazole rings is 2. The summed E-state index contributed by atoms with van der Waals surface area (Å²) in [7, 11) is 6.78. The topological polar surface area (TPSA) is 209 Å². The third-order valence-corrected chi connectivity index (χ3v) is 14.1. The Hall–Kier alpha value is -6.71. The highest BCUT2D eigenvalue weighted by Gasteiger charge is 2.46. The minimum absolute atomic E-state index is 0.0244. The molecule has 0 spiro atoms. The van der Waals surface area contributed by atoms with Crippen molar-refractivity contribution in [3.63, 3.8) is 0 Å². The van der Waals surface area contributed by atoms with E-state index in [0.29, 0.717) is 52.1 Å². The number of carbonyl (C=O) groups is 3. The van der Waals surface area contributed by atoms with Crippen LogP contribution >= 0.6 is 0 Å². The standard InChI is InChI=1S/C33H38N2O8.C26H34N2O7/c1-20-15-16-25(41-31(36)22-11-8-7-9-12-22)30-26(42-33(3,4)43-30)14-10-13-23-28(32(37)40-21(20)2)27(39-19-38-6)17-24-29(23)34-18-35(24)5;1-15-10-11-19(29)24-20(34-26(3,4)35-24)9-7-8-17-22(25(30)33-16(15)2)21(32-14-31-6)12-18-23(17)27-13-28(18)5/h7-13,15-18,20-21,25-26,30H,14,19H2,1-6H3;7-8,10-13,15-16,19-20,24,29H,9,14H2,1-6H3/b13-10?,16-15-;8-7?,11-10-/t20-,21+,25?,26+,30-;15-,16+,19?,20+,24-/m11/s1. The Balaban J connectivity index is 0.000000210. The summed E-state index contributed by atoms with van der Waals surface area (Å²) in [5.41, 5.74) is 4.97. The summed E-state index contributed by atoms with van der Waals surface area (Å²) in [5.74, 6) is -2.98. The van der Waals surface area contributed by atoms with Gasteiger partial charge in [0.2, 0.25) is 0 Å². The van der Waals surface area contributed by atoms with Crippen molar-refractivity contribution in [1.29, 1.82) is 0 Å². The highest BCUT2D eigenvalue weighted by molar-refractivity contribution is 6.05. The molecule has 5 aromatic rings. The van der Waals surface area contributed by atoms with Gasteiger partial charge < -0.3 is 66.3 Å². The maximum absolute atomic E-state index is 13.8. The van der Waals surface area contributed by atoms with Crippen molar-refractivity contribution in [3.05, 3.63) is 119 Å². The summed E-state index contributed by atoms with van der Waals surface area (Å²) < 4.78 is 68.2. The minimum Gasteiger partial charge on any atom is -0.467 e. The number of nitrogens with zero attached hydrogens (tertiary/aromatic N) is 4. The van der Waals surface area contributed by atoms with Gasteiger partial charge >= 0.3 is 17.9 Å². The molecule has 2 unspecified atom stereocenters. The zero-order valence-corrected chi connectivity index (χ0v) is 46.4. The largest absolute Gasteiger partial charge is 0.467 e. The number of hydrogen-bond donors (Lipinski definition) is 1. The molecule has 0 amide bonds. The van der Waals surface area contributed by atoms with Crippen LogP contribution in [0.4, 0.5) is 0 Å². The number of carbonyl (C=O) groups excluding carboxylic acids is 3. The minimum atomic E-state index is -0.909. The van der Waals surface area contributed by atoms with Crippen molar-refractivity contribution in [2.45, 2.75) is 129 Å². The zero-order chi connectivity index (χ0) is 56.1.